The number of aromatic hydroxyl groups is 1. The number of rotatable bonds is 5. The summed E-state index contributed by atoms with van der Waals surface area (Å²) in [5.41, 5.74) is 1.48. The Morgan fingerprint density at radius 2 is 2.08 bits per heavy atom. The van der Waals surface area contributed by atoms with Crippen LogP contribution in [0.15, 0.2) is 48.2 Å². The molecular formula is C30H33N3O4. The van der Waals surface area contributed by atoms with E-state index in [0.717, 1.165) is 49.5 Å². The Morgan fingerprint density at radius 1 is 1.22 bits per heavy atom. The van der Waals surface area contributed by atoms with Crippen LogP contribution in [0.2, 0.25) is 0 Å². The average molecular weight is 500 g/mol. The number of likely N-dealkylation sites (tertiary alicyclic amines) is 1. The molecule has 4 bridgehead atoms. The van der Waals surface area contributed by atoms with Gasteiger partial charge in [-0.2, -0.15) is 0 Å². The third kappa shape index (κ3) is 2.64. The molecule has 1 saturated heterocycles. The Bertz CT molecular complexity index is 1360. The molecule has 2 aromatic rings. The van der Waals surface area contributed by atoms with Gasteiger partial charge in [-0.15, -0.1) is 0 Å². The van der Waals surface area contributed by atoms with Crippen molar-refractivity contribution < 1.29 is 19.7 Å². The standard InChI is InChI=1S/C30H33N3O4/c1-32(17-20-4-2-3-12-31-20)26(35)21-15-28-9-10-30(21,36)27-29(28)11-13-33(16-18-5-6-18)23(28)14-19-7-8-22(34)25(37-27)24(19)29/h2-4,7-8,12,15,18,23,27,34,36H,5-6,9-11,13-14,16-17H2,1H3/t23-,27-,28-,29+,30-/m1/s1. The highest BCUT2D eigenvalue weighted by Crippen LogP contribution is 2.74. The molecule has 0 unspecified atom stereocenters. The van der Waals surface area contributed by atoms with Crippen LogP contribution in [0.1, 0.15) is 48.9 Å². The number of likely N-dealkylation sites (N-methyl/N-ethyl adjacent to an activating group) is 1. The minimum atomic E-state index is -1.40. The Hall–Kier alpha value is -2.90. The molecule has 2 spiro atoms. The molecular weight excluding hydrogens is 466 g/mol. The number of amides is 1. The van der Waals surface area contributed by atoms with E-state index >= 15 is 0 Å². The molecule has 37 heavy (non-hydrogen) atoms. The highest BCUT2D eigenvalue weighted by atomic mass is 16.5. The molecule has 2 N–H and O–H groups in total. The first-order chi connectivity index (χ1) is 17.9. The van der Waals surface area contributed by atoms with Crippen molar-refractivity contribution in [3.8, 4) is 11.5 Å². The topological polar surface area (TPSA) is 86.1 Å². The summed E-state index contributed by atoms with van der Waals surface area (Å²) in [4.78, 5) is 22.8. The van der Waals surface area contributed by atoms with Crippen molar-refractivity contribution in [2.45, 2.75) is 68.2 Å². The first kappa shape index (κ1) is 22.1. The molecule has 0 radical (unpaired) electrons. The molecule has 2 saturated carbocycles. The molecule has 3 heterocycles. The van der Waals surface area contributed by atoms with E-state index in [1.54, 1.807) is 24.2 Å². The second kappa shape index (κ2) is 7.14. The van der Waals surface area contributed by atoms with Crippen molar-refractivity contribution in [1.29, 1.82) is 0 Å². The van der Waals surface area contributed by atoms with Crippen molar-refractivity contribution in [3.05, 3.63) is 65.0 Å². The number of aliphatic hydroxyl groups is 1. The third-order valence-corrected chi connectivity index (χ3v) is 10.5. The van der Waals surface area contributed by atoms with Gasteiger partial charge >= 0.3 is 0 Å². The van der Waals surface area contributed by atoms with Crippen LogP contribution in [0, 0.1) is 11.3 Å². The van der Waals surface area contributed by atoms with E-state index in [2.05, 4.69) is 22.0 Å². The zero-order valence-electron chi connectivity index (χ0n) is 21.2. The lowest BCUT2D eigenvalue weighted by molar-refractivity contribution is -0.188. The van der Waals surface area contributed by atoms with Crippen molar-refractivity contribution >= 4 is 5.91 Å². The number of piperidine rings is 1. The molecule has 7 aliphatic rings. The quantitative estimate of drug-likeness (QED) is 0.658. The predicted octanol–water partition coefficient (Wildman–Crippen LogP) is 2.94. The summed E-state index contributed by atoms with van der Waals surface area (Å²) in [5, 5.41) is 23.3. The second-order valence-electron chi connectivity index (χ2n) is 12.3. The summed E-state index contributed by atoms with van der Waals surface area (Å²) in [6.07, 6.45) is 9.02. The summed E-state index contributed by atoms with van der Waals surface area (Å²) in [6.45, 7) is 2.44. The normalized spacial score (nSPS) is 36.5. The molecule has 2 aliphatic heterocycles. The molecule has 7 nitrogen and oxygen atoms in total. The Balaban J connectivity index is 1.28. The van der Waals surface area contributed by atoms with Gasteiger partial charge in [0.15, 0.2) is 11.5 Å². The summed E-state index contributed by atoms with van der Waals surface area (Å²) in [5.74, 6) is 1.28. The van der Waals surface area contributed by atoms with Gasteiger partial charge in [-0.25, -0.2) is 0 Å². The molecule has 7 heteroatoms. The maximum absolute atomic E-state index is 14.0. The van der Waals surface area contributed by atoms with E-state index in [-0.39, 0.29) is 23.1 Å². The number of ether oxygens (including phenoxy) is 1. The van der Waals surface area contributed by atoms with E-state index < -0.39 is 17.1 Å². The summed E-state index contributed by atoms with van der Waals surface area (Å²) >= 11 is 0. The van der Waals surface area contributed by atoms with Crippen LogP contribution >= 0.6 is 0 Å². The van der Waals surface area contributed by atoms with Crippen molar-refractivity contribution in [2.24, 2.45) is 11.3 Å². The van der Waals surface area contributed by atoms with Gasteiger partial charge in [0, 0.05) is 42.4 Å². The van der Waals surface area contributed by atoms with Crippen LogP contribution in [-0.2, 0) is 23.2 Å². The van der Waals surface area contributed by atoms with Crippen LogP contribution in [0.3, 0.4) is 0 Å². The lowest BCUT2D eigenvalue weighted by Gasteiger charge is -2.70. The Morgan fingerprint density at radius 3 is 2.86 bits per heavy atom. The number of phenolic OH excluding ortho intramolecular Hbond substituents is 1. The van der Waals surface area contributed by atoms with Gasteiger partial charge in [-0.05, 0) is 74.8 Å². The lowest BCUT2D eigenvalue weighted by atomic mass is 9.38. The van der Waals surface area contributed by atoms with E-state index in [1.165, 1.54) is 18.4 Å². The van der Waals surface area contributed by atoms with E-state index in [0.29, 0.717) is 24.3 Å². The van der Waals surface area contributed by atoms with Crippen LogP contribution < -0.4 is 4.74 Å². The molecule has 5 aliphatic carbocycles. The van der Waals surface area contributed by atoms with Gasteiger partial charge in [-0.3, -0.25) is 14.7 Å². The van der Waals surface area contributed by atoms with Gasteiger partial charge in [0.05, 0.1) is 17.7 Å². The monoisotopic (exact) mass is 499 g/mol. The Labute approximate surface area is 216 Å². The fourth-order valence-electron chi connectivity index (χ4n) is 8.81. The zero-order valence-corrected chi connectivity index (χ0v) is 21.2. The molecule has 5 atom stereocenters. The average Bonchev–Trinajstić information content (AvgIpc) is 3.64. The largest absolute Gasteiger partial charge is 0.504 e. The number of carbonyl (C=O) groups excluding carboxylic acids is 1. The molecule has 9 rings (SSSR count). The van der Waals surface area contributed by atoms with Gasteiger partial charge in [-0.1, -0.05) is 18.2 Å². The first-order valence-electron chi connectivity index (χ1n) is 13.7. The summed E-state index contributed by atoms with van der Waals surface area (Å²) in [6, 6.07) is 9.76. The second-order valence-corrected chi connectivity index (χ2v) is 12.3. The maximum atomic E-state index is 14.0. The minimum Gasteiger partial charge on any atom is -0.504 e. The Kier molecular flexibility index (Phi) is 4.27. The van der Waals surface area contributed by atoms with E-state index in [9.17, 15) is 15.0 Å². The van der Waals surface area contributed by atoms with E-state index in [1.807, 2.05) is 18.2 Å². The molecule has 1 aromatic heterocycles. The van der Waals surface area contributed by atoms with Crippen LogP contribution in [0.5, 0.6) is 11.5 Å². The SMILES string of the molecule is CN(Cc1ccccn1)C(=O)C1=C[C@@]23CC[C@]1(O)[C@@H]1Oc4c(O)ccc5c4[C@@]12CCN(CC1CC1)[C@@H]3C5. The van der Waals surface area contributed by atoms with Crippen molar-refractivity contribution in [3.63, 3.8) is 0 Å². The van der Waals surface area contributed by atoms with Gasteiger partial charge in [0.2, 0.25) is 0 Å². The molecule has 1 aromatic carbocycles. The number of benzene rings is 1. The predicted molar refractivity (Wildman–Crippen MR) is 136 cm³/mol. The number of hydrogen-bond donors (Lipinski definition) is 2. The maximum Gasteiger partial charge on any atom is 0.252 e. The van der Waals surface area contributed by atoms with Crippen LogP contribution in [0.25, 0.3) is 0 Å². The van der Waals surface area contributed by atoms with Gasteiger partial charge in [0.1, 0.15) is 11.7 Å². The molecule has 192 valence electrons. The lowest BCUT2D eigenvalue weighted by Crippen LogP contribution is -2.78. The third-order valence-electron chi connectivity index (χ3n) is 10.5. The number of fused-ring (bicyclic) bond motifs is 1. The number of nitrogens with zero attached hydrogens (tertiary/aromatic N) is 3. The number of carbonyl (C=O) groups is 1. The van der Waals surface area contributed by atoms with Crippen LogP contribution in [0.4, 0.5) is 0 Å². The fraction of sp³-hybridized carbons (Fsp3) is 0.533. The number of pyridine rings is 1. The van der Waals surface area contributed by atoms with Crippen molar-refractivity contribution in [2.75, 3.05) is 20.1 Å². The summed E-state index contributed by atoms with van der Waals surface area (Å²) < 4.78 is 6.61. The summed E-state index contributed by atoms with van der Waals surface area (Å²) in [7, 11) is 1.78. The zero-order chi connectivity index (χ0) is 25.2. The molecule has 1 amide bonds. The van der Waals surface area contributed by atoms with Crippen molar-refractivity contribution in [1.82, 2.24) is 14.8 Å². The molecule has 3 fully saturated rings. The first-order valence-corrected chi connectivity index (χ1v) is 13.7. The van der Waals surface area contributed by atoms with Gasteiger partial charge < -0.3 is 19.8 Å². The van der Waals surface area contributed by atoms with Crippen LogP contribution in [-0.4, -0.2) is 68.8 Å². The smallest absolute Gasteiger partial charge is 0.252 e. The minimum absolute atomic E-state index is 0.139. The van der Waals surface area contributed by atoms with E-state index in [4.69, 9.17) is 4.74 Å². The highest BCUT2D eigenvalue weighted by Gasteiger charge is 2.78. The number of aromatic nitrogens is 1. The number of hydrogen-bond acceptors (Lipinski definition) is 6. The fourth-order valence-corrected chi connectivity index (χ4v) is 8.81. The highest BCUT2D eigenvalue weighted by molar-refractivity contribution is 5.97. The van der Waals surface area contributed by atoms with Gasteiger partial charge in [0.25, 0.3) is 5.91 Å². The number of phenols is 1.